The van der Waals surface area contributed by atoms with Crippen LogP contribution in [0, 0.1) is 5.41 Å². The van der Waals surface area contributed by atoms with E-state index in [-0.39, 0.29) is 18.1 Å². The Bertz CT molecular complexity index is 341. The number of nitrogens with one attached hydrogen (secondary N) is 2. The average molecular weight is 254 g/mol. The Morgan fingerprint density at radius 3 is 2.11 bits per heavy atom. The van der Waals surface area contributed by atoms with Crippen LogP contribution in [0.2, 0.25) is 0 Å². The molecule has 0 spiro atoms. The van der Waals surface area contributed by atoms with Crippen molar-refractivity contribution in [3.8, 4) is 0 Å². The molecule has 0 saturated heterocycles. The maximum atomic E-state index is 11.8. The van der Waals surface area contributed by atoms with Crippen LogP contribution in [0.5, 0.6) is 0 Å². The molecule has 0 radical (unpaired) electrons. The Morgan fingerprint density at radius 2 is 1.78 bits per heavy atom. The van der Waals surface area contributed by atoms with Crippen LogP contribution in [-0.4, -0.2) is 29.2 Å². The highest BCUT2D eigenvalue weighted by Gasteiger charge is 2.45. The second kappa shape index (κ2) is 4.78. The summed E-state index contributed by atoms with van der Waals surface area (Å²) in [6, 6.07) is -0.218. The number of carbonyl (C=O) groups excluding carboxylic acids is 1. The van der Waals surface area contributed by atoms with Gasteiger partial charge in [0.15, 0.2) is 0 Å². The molecule has 5 nitrogen and oxygen atoms in total. The molecule has 2 amide bonds. The fraction of sp³-hybridized carbons (Fsp3) is 0.846. The van der Waals surface area contributed by atoms with E-state index in [1.165, 1.54) is 0 Å². The quantitative estimate of drug-likeness (QED) is 0.701. The predicted octanol–water partition coefficient (Wildman–Crippen LogP) is 1.87. The average Bonchev–Trinajstić information content (AvgIpc) is 2.21. The maximum absolute atomic E-state index is 11.8. The lowest BCUT2D eigenvalue weighted by molar-refractivity contribution is -0.153. The van der Waals surface area contributed by atoms with E-state index in [0.717, 1.165) is 32.1 Å². The molecule has 18 heavy (non-hydrogen) atoms. The first-order chi connectivity index (χ1) is 8.52. The Morgan fingerprint density at radius 1 is 1.17 bits per heavy atom. The number of amides is 2. The van der Waals surface area contributed by atoms with Gasteiger partial charge in [-0.05, 0) is 38.5 Å². The lowest BCUT2D eigenvalue weighted by Gasteiger charge is -2.42. The Kier molecular flexibility index (Phi) is 3.50. The van der Waals surface area contributed by atoms with Gasteiger partial charge in [-0.1, -0.05) is 13.3 Å². The molecule has 2 aliphatic carbocycles. The van der Waals surface area contributed by atoms with Crippen molar-refractivity contribution in [1.82, 2.24) is 10.6 Å². The summed E-state index contributed by atoms with van der Waals surface area (Å²) in [5, 5.41) is 14.9. The van der Waals surface area contributed by atoms with Crippen molar-refractivity contribution < 1.29 is 14.7 Å². The number of hydrogen-bond acceptors (Lipinski definition) is 2. The van der Waals surface area contributed by atoms with Gasteiger partial charge >= 0.3 is 12.0 Å². The Labute approximate surface area is 107 Å². The highest BCUT2D eigenvalue weighted by Crippen LogP contribution is 2.40. The number of carboxylic acids is 1. The SMILES string of the molecule is CCC1(NC(=O)NCC2(C(=O)O)CCC2)CCC1. The van der Waals surface area contributed by atoms with E-state index in [0.29, 0.717) is 12.8 Å². The van der Waals surface area contributed by atoms with Gasteiger partial charge in [0, 0.05) is 12.1 Å². The van der Waals surface area contributed by atoms with Crippen LogP contribution < -0.4 is 10.6 Å². The molecule has 2 rings (SSSR count). The van der Waals surface area contributed by atoms with Gasteiger partial charge in [-0.15, -0.1) is 0 Å². The summed E-state index contributed by atoms with van der Waals surface area (Å²) in [4.78, 5) is 23.0. The van der Waals surface area contributed by atoms with Crippen LogP contribution in [-0.2, 0) is 4.79 Å². The van der Waals surface area contributed by atoms with E-state index in [4.69, 9.17) is 5.11 Å². The van der Waals surface area contributed by atoms with Crippen molar-refractivity contribution in [3.63, 3.8) is 0 Å². The molecular weight excluding hydrogens is 232 g/mol. The minimum absolute atomic E-state index is 0.0416. The first kappa shape index (κ1) is 13.2. The summed E-state index contributed by atoms with van der Waals surface area (Å²) in [5.74, 6) is -0.789. The molecule has 0 heterocycles. The number of urea groups is 1. The molecule has 0 aromatic rings. The zero-order valence-corrected chi connectivity index (χ0v) is 10.9. The molecule has 2 fully saturated rings. The van der Waals surface area contributed by atoms with Crippen LogP contribution in [0.25, 0.3) is 0 Å². The molecule has 5 heteroatoms. The van der Waals surface area contributed by atoms with Crippen molar-refractivity contribution in [2.24, 2.45) is 5.41 Å². The van der Waals surface area contributed by atoms with Crippen LogP contribution in [0.15, 0.2) is 0 Å². The van der Waals surface area contributed by atoms with Crippen molar-refractivity contribution in [1.29, 1.82) is 0 Å². The van der Waals surface area contributed by atoms with Crippen molar-refractivity contribution in [3.05, 3.63) is 0 Å². The fourth-order valence-corrected chi connectivity index (χ4v) is 2.77. The highest BCUT2D eigenvalue weighted by molar-refractivity contribution is 5.79. The van der Waals surface area contributed by atoms with Gasteiger partial charge in [0.25, 0.3) is 0 Å². The third kappa shape index (κ3) is 2.31. The second-order valence-corrected chi connectivity index (χ2v) is 5.73. The Hall–Kier alpha value is -1.26. The standard InChI is InChI=1S/C13H22N2O3/c1-2-13(7-4-8-13)15-11(18)14-9-12(10(16)17)5-3-6-12/h2-9H2,1H3,(H,16,17)(H2,14,15,18). The summed E-state index contributed by atoms with van der Waals surface area (Å²) >= 11 is 0. The van der Waals surface area contributed by atoms with Crippen molar-refractivity contribution in [2.45, 2.75) is 57.4 Å². The molecule has 0 aromatic carbocycles. The molecule has 2 saturated carbocycles. The van der Waals surface area contributed by atoms with Gasteiger partial charge in [0.2, 0.25) is 0 Å². The zero-order chi connectivity index (χ0) is 13.2. The minimum Gasteiger partial charge on any atom is -0.481 e. The van der Waals surface area contributed by atoms with Gasteiger partial charge in [0.1, 0.15) is 0 Å². The number of rotatable bonds is 5. The predicted molar refractivity (Wildman–Crippen MR) is 67.3 cm³/mol. The van der Waals surface area contributed by atoms with E-state index in [2.05, 4.69) is 17.6 Å². The van der Waals surface area contributed by atoms with E-state index >= 15 is 0 Å². The van der Waals surface area contributed by atoms with Crippen LogP contribution in [0.3, 0.4) is 0 Å². The summed E-state index contributed by atoms with van der Waals surface area (Å²) < 4.78 is 0. The molecule has 0 aliphatic heterocycles. The fourth-order valence-electron chi connectivity index (χ4n) is 2.77. The first-order valence-electron chi connectivity index (χ1n) is 6.81. The summed E-state index contributed by atoms with van der Waals surface area (Å²) in [6.45, 7) is 2.32. The molecule has 0 aromatic heterocycles. The van der Waals surface area contributed by atoms with Crippen LogP contribution in [0.1, 0.15) is 51.9 Å². The lowest BCUT2D eigenvalue weighted by atomic mass is 9.69. The maximum Gasteiger partial charge on any atom is 0.315 e. The number of carbonyl (C=O) groups is 2. The van der Waals surface area contributed by atoms with Crippen LogP contribution >= 0.6 is 0 Å². The van der Waals surface area contributed by atoms with Crippen LogP contribution in [0.4, 0.5) is 4.79 Å². The smallest absolute Gasteiger partial charge is 0.315 e. The van der Waals surface area contributed by atoms with Crippen molar-refractivity contribution >= 4 is 12.0 Å². The van der Waals surface area contributed by atoms with E-state index < -0.39 is 11.4 Å². The van der Waals surface area contributed by atoms with Gasteiger partial charge in [-0.3, -0.25) is 4.79 Å². The molecule has 0 unspecified atom stereocenters. The number of aliphatic carboxylic acids is 1. The third-order valence-electron chi connectivity index (χ3n) is 4.72. The molecule has 3 N–H and O–H groups in total. The summed E-state index contributed by atoms with van der Waals surface area (Å²) in [6.07, 6.45) is 6.43. The van der Waals surface area contributed by atoms with E-state index in [1.54, 1.807) is 0 Å². The molecular formula is C13H22N2O3. The second-order valence-electron chi connectivity index (χ2n) is 5.73. The topological polar surface area (TPSA) is 78.4 Å². The van der Waals surface area contributed by atoms with Gasteiger partial charge in [-0.2, -0.15) is 0 Å². The minimum atomic E-state index is -0.789. The Balaban J connectivity index is 1.79. The monoisotopic (exact) mass is 254 g/mol. The van der Waals surface area contributed by atoms with E-state index in [9.17, 15) is 9.59 Å². The highest BCUT2D eigenvalue weighted by atomic mass is 16.4. The molecule has 2 aliphatic rings. The molecule has 102 valence electrons. The molecule has 0 atom stereocenters. The van der Waals surface area contributed by atoms with Gasteiger partial charge < -0.3 is 15.7 Å². The first-order valence-corrected chi connectivity index (χ1v) is 6.81. The lowest BCUT2D eigenvalue weighted by Crippen LogP contribution is -2.58. The van der Waals surface area contributed by atoms with Gasteiger partial charge in [0.05, 0.1) is 5.41 Å². The summed E-state index contributed by atoms with van der Waals surface area (Å²) in [7, 11) is 0. The third-order valence-corrected chi connectivity index (χ3v) is 4.72. The summed E-state index contributed by atoms with van der Waals surface area (Å²) in [5.41, 5.74) is -0.754. The van der Waals surface area contributed by atoms with Crippen molar-refractivity contribution in [2.75, 3.05) is 6.54 Å². The zero-order valence-electron chi connectivity index (χ0n) is 10.9. The molecule has 0 bridgehead atoms. The van der Waals surface area contributed by atoms with E-state index in [1.807, 2.05) is 0 Å². The number of carboxylic acid groups (broad SMARTS) is 1. The van der Waals surface area contributed by atoms with Gasteiger partial charge in [-0.25, -0.2) is 4.79 Å². The largest absolute Gasteiger partial charge is 0.481 e. The number of hydrogen-bond donors (Lipinski definition) is 3. The normalized spacial score (nSPS) is 23.4.